The van der Waals surface area contributed by atoms with Gasteiger partial charge in [0.25, 0.3) is 5.91 Å². The lowest BCUT2D eigenvalue weighted by Crippen LogP contribution is -2.45. The smallest absolute Gasteiger partial charge is 0.327 e. The van der Waals surface area contributed by atoms with E-state index in [1.807, 2.05) is 0 Å². The second-order valence-corrected chi connectivity index (χ2v) is 6.02. The van der Waals surface area contributed by atoms with Crippen LogP contribution in [0.15, 0.2) is 24.3 Å². The summed E-state index contributed by atoms with van der Waals surface area (Å²) in [4.78, 5) is 13.4. The minimum Gasteiger partial charge on any atom is -0.327 e. The van der Waals surface area contributed by atoms with Crippen molar-refractivity contribution in [3.05, 3.63) is 35.4 Å². The van der Waals surface area contributed by atoms with Crippen LogP contribution in [-0.4, -0.2) is 29.6 Å². The van der Waals surface area contributed by atoms with E-state index in [0.29, 0.717) is 10.9 Å². The Hall–Kier alpha value is -1.04. The molecule has 1 aromatic carbocycles. The summed E-state index contributed by atoms with van der Waals surface area (Å²) in [6.45, 7) is 0.512. The summed E-state index contributed by atoms with van der Waals surface area (Å²) in [5.74, 6) is -0.356. The summed E-state index contributed by atoms with van der Waals surface area (Å²) in [5, 5.41) is 0.645. The second-order valence-electron chi connectivity index (χ2n) is 5.46. The topological polar surface area (TPSA) is 20.3 Å². The van der Waals surface area contributed by atoms with Crippen LogP contribution >= 0.6 is 15.9 Å². The first-order valence-corrected chi connectivity index (χ1v) is 7.96. The van der Waals surface area contributed by atoms with Crippen LogP contribution in [0.2, 0.25) is 0 Å². The molecule has 0 saturated heterocycles. The van der Waals surface area contributed by atoms with Gasteiger partial charge in [0.1, 0.15) is 6.54 Å². The molecule has 1 aliphatic carbocycles. The van der Waals surface area contributed by atoms with Crippen LogP contribution in [0, 0.1) is 5.92 Å². The Kier molecular flexibility index (Phi) is 4.96. The fourth-order valence-electron chi connectivity index (χ4n) is 2.33. The Bertz CT molecular complexity index is 497. The highest BCUT2D eigenvalue weighted by Crippen LogP contribution is 2.36. The molecule has 1 saturated carbocycles. The number of nitrogens with zero attached hydrogens (tertiary/aromatic N) is 1. The second kappa shape index (κ2) is 6.38. The van der Waals surface area contributed by atoms with Gasteiger partial charge in [-0.1, -0.05) is 28.1 Å². The van der Waals surface area contributed by atoms with Crippen molar-refractivity contribution in [3.8, 4) is 0 Å². The van der Waals surface area contributed by atoms with Gasteiger partial charge < -0.3 is 4.90 Å². The Morgan fingerprint density at radius 3 is 2.33 bits per heavy atom. The number of carbonyl (C=O) groups excluding carboxylic acids is 1. The largest absolute Gasteiger partial charge is 0.406 e. The van der Waals surface area contributed by atoms with Gasteiger partial charge in [0.05, 0.1) is 0 Å². The molecule has 1 atom stereocenters. The maximum atomic E-state index is 12.7. The summed E-state index contributed by atoms with van der Waals surface area (Å²) in [6.07, 6.45) is -2.59. The molecule has 21 heavy (non-hydrogen) atoms. The Balaban J connectivity index is 2.19. The number of rotatable bonds is 5. The van der Waals surface area contributed by atoms with Gasteiger partial charge in [-0.15, -0.1) is 0 Å². The van der Waals surface area contributed by atoms with Crippen LogP contribution in [0.1, 0.15) is 35.7 Å². The van der Waals surface area contributed by atoms with E-state index in [2.05, 4.69) is 15.9 Å². The molecule has 1 aromatic rings. The molecule has 6 heteroatoms. The molecular weight excluding hydrogens is 347 g/mol. The summed E-state index contributed by atoms with van der Waals surface area (Å²) >= 11 is 3.29. The number of amides is 1. The zero-order chi connectivity index (χ0) is 15.6. The summed E-state index contributed by atoms with van der Waals surface area (Å²) < 4.78 is 38.2. The van der Waals surface area contributed by atoms with Crippen molar-refractivity contribution in [2.24, 2.45) is 5.92 Å². The molecule has 0 aliphatic heterocycles. The van der Waals surface area contributed by atoms with Crippen molar-refractivity contribution in [1.82, 2.24) is 4.90 Å². The summed E-state index contributed by atoms with van der Waals surface area (Å²) in [7, 11) is 0. The lowest BCUT2D eigenvalue weighted by molar-refractivity contribution is -0.144. The van der Waals surface area contributed by atoms with E-state index in [1.54, 1.807) is 31.2 Å². The number of hydrogen-bond donors (Lipinski definition) is 0. The molecule has 2 rings (SSSR count). The van der Waals surface area contributed by atoms with Crippen LogP contribution < -0.4 is 0 Å². The van der Waals surface area contributed by atoms with Gasteiger partial charge in [-0.05, 0) is 43.4 Å². The quantitative estimate of drug-likeness (QED) is 0.710. The van der Waals surface area contributed by atoms with Gasteiger partial charge in [0, 0.05) is 16.9 Å². The van der Waals surface area contributed by atoms with Gasteiger partial charge in [-0.3, -0.25) is 4.79 Å². The average molecular weight is 364 g/mol. The highest BCUT2D eigenvalue weighted by Gasteiger charge is 2.40. The zero-order valence-electron chi connectivity index (χ0n) is 11.7. The number of benzene rings is 1. The monoisotopic (exact) mass is 363 g/mol. The maximum absolute atomic E-state index is 12.7. The van der Waals surface area contributed by atoms with E-state index in [9.17, 15) is 18.0 Å². The fraction of sp³-hybridized carbons (Fsp3) is 0.533. The van der Waals surface area contributed by atoms with E-state index in [0.717, 1.165) is 23.3 Å². The lowest BCUT2D eigenvalue weighted by Gasteiger charge is -2.30. The average Bonchev–Trinajstić information content (AvgIpc) is 3.27. The zero-order valence-corrected chi connectivity index (χ0v) is 13.2. The molecule has 2 nitrogen and oxygen atoms in total. The minimum absolute atomic E-state index is 0.193. The minimum atomic E-state index is -4.38. The van der Waals surface area contributed by atoms with Crippen molar-refractivity contribution >= 4 is 21.8 Å². The van der Waals surface area contributed by atoms with Gasteiger partial charge >= 0.3 is 6.18 Å². The van der Waals surface area contributed by atoms with Crippen LogP contribution in [0.5, 0.6) is 0 Å². The molecule has 1 aliphatic rings. The number of halogens is 4. The van der Waals surface area contributed by atoms with Crippen molar-refractivity contribution in [3.63, 3.8) is 0 Å². The van der Waals surface area contributed by atoms with E-state index in [-0.39, 0.29) is 12.0 Å². The number of carbonyl (C=O) groups is 1. The van der Waals surface area contributed by atoms with Crippen molar-refractivity contribution in [2.75, 3.05) is 6.54 Å². The van der Waals surface area contributed by atoms with Crippen LogP contribution in [-0.2, 0) is 5.33 Å². The van der Waals surface area contributed by atoms with Crippen LogP contribution in [0.25, 0.3) is 0 Å². The predicted octanol–water partition coefficient (Wildman–Crippen LogP) is 4.38. The molecule has 0 heterocycles. The first-order valence-electron chi connectivity index (χ1n) is 6.84. The Labute approximate surface area is 130 Å². The molecular formula is C15H17BrF3NO. The Morgan fingerprint density at radius 2 is 1.90 bits per heavy atom. The maximum Gasteiger partial charge on any atom is 0.406 e. The van der Waals surface area contributed by atoms with E-state index < -0.39 is 18.6 Å². The normalized spacial score (nSPS) is 16.6. The third-order valence-electron chi connectivity index (χ3n) is 3.76. The van der Waals surface area contributed by atoms with Crippen LogP contribution in [0.4, 0.5) is 13.2 Å². The third kappa shape index (κ3) is 4.46. The Morgan fingerprint density at radius 1 is 1.33 bits per heavy atom. The molecule has 0 bridgehead atoms. The first-order chi connectivity index (χ1) is 9.81. The van der Waals surface area contributed by atoms with Gasteiger partial charge in [-0.2, -0.15) is 13.2 Å². The predicted molar refractivity (Wildman–Crippen MR) is 78.4 cm³/mol. The third-order valence-corrected chi connectivity index (χ3v) is 4.41. The first kappa shape index (κ1) is 16.3. The van der Waals surface area contributed by atoms with Crippen LogP contribution in [0.3, 0.4) is 0 Å². The highest BCUT2D eigenvalue weighted by atomic mass is 79.9. The summed E-state index contributed by atoms with van der Waals surface area (Å²) in [6, 6.07) is 6.28. The number of hydrogen-bond acceptors (Lipinski definition) is 1. The highest BCUT2D eigenvalue weighted by molar-refractivity contribution is 9.08. The molecule has 1 unspecified atom stereocenters. The molecule has 1 fully saturated rings. The molecule has 116 valence electrons. The fourth-order valence-corrected chi connectivity index (χ4v) is 2.70. The molecule has 0 N–H and O–H groups in total. The summed E-state index contributed by atoms with van der Waals surface area (Å²) in [5.41, 5.74) is 1.28. The van der Waals surface area contributed by atoms with Crippen molar-refractivity contribution in [2.45, 2.75) is 37.3 Å². The van der Waals surface area contributed by atoms with E-state index >= 15 is 0 Å². The van der Waals surface area contributed by atoms with Crippen molar-refractivity contribution in [1.29, 1.82) is 0 Å². The van der Waals surface area contributed by atoms with E-state index in [4.69, 9.17) is 0 Å². The van der Waals surface area contributed by atoms with E-state index in [1.165, 1.54) is 0 Å². The van der Waals surface area contributed by atoms with Crippen molar-refractivity contribution < 1.29 is 18.0 Å². The standard InChI is InChI=1S/C15H17BrF3NO/c1-10(12-6-7-12)20(9-15(17,18)19)14(21)13-4-2-11(8-16)3-5-13/h2-5,10,12H,6-9H2,1H3. The van der Waals surface area contributed by atoms with Gasteiger partial charge in [0.2, 0.25) is 0 Å². The molecule has 1 amide bonds. The molecule has 0 spiro atoms. The molecule has 0 radical (unpaired) electrons. The number of alkyl halides is 4. The molecule has 0 aromatic heterocycles. The SMILES string of the molecule is CC(C1CC1)N(CC(F)(F)F)C(=O)c1ccc(CBr)cc1. The van der Waals surface area contributed by atoms with Gasteiger partial charge in [0.15, 0.2) is 0 Å². The van der Waals surface area contributed by atoms with Gasteiger partial charge in [-0.25, -0.2) is 0 Å². The lowest BCUT2D eigenvalue weighted by atomic mass is 10.1.